The Hall–Kier alpha value is -2.04. The zero-order chi connectivity index (χ0) is 15.1. The maximum Gasteiger partial charge on any atom is 0.161 e. The highest BCUT2D eigenvalue weighted by molar-refractivity contribution is 5.43. The van der Waals surface area contributed by atoms with E-state index < -0.39 is 0 Å². The van der Waals surface area contributed by atoms with Crippen molar-refractivity contribution in [2.75, 3.05) is 13.7 Å². The second-order valence-electron chi connectivity index (χ2n) is 4.90. The van der Waals surface area contributed by atoms with Crippen LogP contribution in [-0.2, 0) is 19.4 Å². The molecule has 0 bridgehead atoms. The lowest BCUT2D eigenvalue weighted by Crippen LogP contribution is -1.99. The van der Waals surface area contributed by atoms with Crippen LogP contribution in [0.15, 0.2) is 24.4 Å². The van der Waals surface area contributed by atoms with Crippen LogP contribution in [0.5, 0.6) is 11.5 Å². The third-order valence-corrected chi connectivity index (χ3v) is 3.27. The van der Waals surface area contributed by atoms with Gasteiger partial charge in [-0.25, -0.2) is 0 Å². The number of ether oxygens (including phenoxy) is 2. The summed E-state index contributed by atoms with van der Waals surface area (Å²) in [5.74, 6) is 1.60. The molecular formula is C16H23N3O2. The smallest absolute Gasteiger partial charge is 0.161 e. The summed E-state index contributed by atoms with van der Waals surface area (Å²) in [6.45, 7) is 5.70. The molecule has 0 saturated carbocycles. The molecule has 0 atom stereocenters. The number of hydrogen-bond acceptors (Lipinski definition) is 4. The molecule has 0 N–H and O–H groups in total. The van der Waals surface area contributed by atoms with Crippen LogP contribution in [0.25, 0.3) is 0 Å². The van der Waals surface area contributed by atoms with E-state index in [0.29, 0.717) is 6.61 Å². The van der Waals surface area contributed by atoms with E-state index >= 15 is 0 Å². The fourth-order valence-corrected chi connectivity index (χ4v) is 2.08. The highest BCUT2D eigenvalue weighted by Gasteiger charge is 2.07. The van der Waals surface area contributed by atoms with E-state index in [2.05, 4.69) is 30.2 Å². The average Bonchev–Trinajstić information content (AvgIpc) is 2.99. The minimum atomic E-state index is 0.704. The number of hydrogen-bond donors (Lipinski definition) is 0. The zero-order valence-electron chi connectivity index (χ0n) is 13.0. The van der Waals surface area contributed by atoms with E-state index in [1.165, 1.54) is 5.56 Å². The lowest BCUT2D eigenvalue weighted by atomic mass is 10.1. The topological polar surface area (TPSA) is 49.2 Å². The number of benzene rings is 1. The first-order valence-corrected chi connectivity index (χ1v) is 7.45. The Bertz CT molecular complexity index is 566. The van der Waals surface area contributed by atoms with Gasteiger partial charge >= 0.3 is 0 Å². The molecule has 1 aromatic heterocycles. The summed E-state index contributed by atoms with van der Waals surface area (Å²) >= 11 is 0. The molecule has 2 rings (SSSR count). The summed E-state index contributed by atoms with van der Waals surface area (Å²) in [6.07, 6.45) is 4.76. The van der Waals surface area contributed by atoms with Crippen LogP contribution in [0.4, 0.5) is 0 Å². The van der Waals surface area contributed by atoms with Crippen LogP contribution < -0.4 is 9.47 Å². The zero-order valence-corrected chi connectivity index (χ0v) is 13.0. The van der Waals surface area contributed by atoms with Gasteiger partial charge in [-0.05, 0) is 43.9 Å². The Morgan fingerprint density at radius 1 is 1.14 bits per heavy atom. The van der Waals surface area contributed by atoms with E-state index in [1.807, 2.05) is 23.0 Å². The number of nitrogens with zero attached hydrogens (tertiary/aromatic N) is 3. The van der Waals surface area contributed by atoms with E-state index in [1.54, 1.807) is 7.11 Å². The van der Waals surface area contributed by atoms with E-state index in [0.717, 1.165) is 43.0 Å². The molecule has 0 amide bonds. The second-order valence-corrected chi connectivity index (χ2v) is 4.90. The molecule has 21 heavy (non-hydrogen) atoms. The van der Waals surface area contributed by atoms with Gasteiger partial charge in [-0.2, -0.15) is 0 Å². The van der Waals surface area contributed by atoms with Gasteiger partial charge < -0.3 is 9.47 Å². The standard InChI is InChI=1S/C16H23N3O2/c1-4-10-21-15-9-7-13(11-16(15)20-3)6-8-14-12-19(5-2)18-17-14/h7,9,11-12H,4-6,8,10H2,1-3H3. The van der Waals surface area contributed by atoms with Crippen LogP contribution in [0, 0.1) is 0 Å². The van der Waals surface area contributed by atoms with Crippen LogP contribution in [-0.4, -0.2) is 28.7 Å². The molecule has 0 unspecified atom stereocenters. The normalized spacial score (nSPS) is 10.6. The number of aryl methyl sites for hydroxylation is 3. The van der Waals surface area contributed by atoms with Gasteiger partial charge in [0.05, 0.1) is 19.4 Å². The fraction of sp³-hybridized carbons (Fsp3) is 0.500. The minimum absolute atomic E-state index is 0.704. The van der Waals surface area contributed by atoms with Gasteiger partial charge in [0.2, 0.25) is 0 Å². The van der Waals surface area contributed by atoms with Crippen LogP contribution >= 0.6 is 0 Å². The quantitative estimate of drug-likeness (QED) is 0.750. The Kier molecular flexibility index (Phi) is 5.60. The monoisotopic (exact) mass is 289 g/mol. The number of methoxy groups -OCH3 is 1. The summed E-state index contributed by atoms with van der Waals surface area (Å²) in [4.78, 5) is 0. The molecule has 0 radical (unpaired) electrons. The van der Waals surface area contributed by atoms with Crippen LogP contribution in [0.1, 0.15) is 31.5 Å². The molecule has 0 saturated heterocycles. The molecule has 0 aliphatic heterocycles. The third-order valence-electron chi connectivity index (χ3n) is 3.27. The van der Waals surface area contributed by atoms with E-state index in [4.69, 9.17) is 9.47 Å². The maximum absolute atomic E-state index is 5.66. The van der Waals surface area contributed by atoms with Crippen molar-refractivity contribution in [3.8, 4) is 11.5 Å². The SMILES string of the molecule is CCCOc1ccc(CCc2cn(CC)nn2)cc1OC. The average molecular weight is 289 g/mol. The van der Waals surface area contributed by atoms with E-state index in [-0.39, 0.29) is 0 Å². The molecular weight excluding hydrogens is 266 g/mol. The molecule has 0 aliphatic rings. The summed E-state index contributed by atoms with van der Waals surface area (Å²) < 4.78 is 12.9. The Morgan fingerprint density at radius 3 is 2.67 bits per heavy atom. The molecule has 1 heterocycles. The summed E-state index contributed by atoms with van der Waals surface area (Å²) in [7, 11) is 1.67. The first-order chi connectivity index (χ1) is 10.3. The molecule has 0 spiro atoms. The van der Waals surface area contributed by atoms with Crippen LogP contribution in [0.2, 0.25) is 0 Å². The largest absolute Gasteiger partial charge is 0.493 e. The molecule has 0 fully saturated rings. The van der Waals surface area contributed by atoms with Crippen molar-refractivity contribution >= 4 is 0 Å². The number of aromatic nitrogens is 3. The van der Waals surface area contributed by atoms with Crippen molar-refractivity contribution in [2.45, 2.75) is 39.7 Å². The van der Waals surface area contributed by atoms with Gasteiger partial charge in [0.15, 0.2) is 11.5 Å². The predicted molar refractivity (Wildman–Crippen MR) is 81.9 cm³/mol. The molecule has 1 aromatic carbocycles. The number of rotatable bonds is 8. The Labute approximate surface area is 125 Å². The second kappa shape index (κ2) is 7.67. The fourth-order valence-electron chi connectivity index (χ4n) is 2.08. The molecule has 5 heteroatoms. The molecule has 114 valence electrons. The van der Waals surface area contributed by atoms with Crippen LogP contribution in [0.3, 0.4) is 0 Å². The molecule has 5 nitrogen and oxygen atoms in total. The van der Waals surface area contributed by atoms with Gasteiger partial charge in [-0.1, -0.05) is 18.2 Å². The highest BCUT2D eigenvalue weighted by atomic mass is 16.5. The predicted octanol–water partition coefficient (Wildman–Crippen LogP) is 2.88. The first kappa shape index (κ1) is 15.4. The molecule has 0 aliphatic carbocycles. The van der Waals surface area contributed by atoms with Gasteiger partial charge in [0.25, 0.3) is 0 Å². The Balaban J connectivity index is 1.99. The highest BCUT2D eigenvalue weighted by Crippen LogP contribution is 2.28. The van der Waals surface area contributed by atoms with Crippen molar-refractivity contribution < 1.29 is 9.47 Å². The minimum Gasteiger partial charge on any atom is -0.493 e. The van der Waals surface area contributed by atoms with Gasteiger partial charge in [-0.3, -0.25) is 4.68 Å². The van der Waals surface area contributed by atoms with Gasteiger partial charge in [0.1, 0.15) is 0 Å². The third kappa shape index (κ3) is 4.21. The van der Waals surface area contributed by atoms with Gasteiger partial charge in [0, 0.05) is 12.7 Å². The van der Waals surface area contributed by atoms with Crippen molar-refractivity contribution in [2.24, 2.45) is 0 Å². The van der Waals surface area contributed by atoms with Crippen molar-refractivity contribution in [1.82, 2.24) is 15.0 Å². The summed E-state index contributed by atoms with van der Waals surface area (Å²) in [5, 5.41) is 8.21. The lowest BCUT2D eigenvalue weighted by molar-refractivity contribution is 0.294. The maximum atomic E-state index is 5.66. The molecule has 2 aromatic rings. The lowest BCUT2D eigenvalue weighted by Gasteiger charge is -2.11. The Morgan fingerprint density at radius 2 is 2.00 bits per heavy atom. The van der Waals surface area contributed by atoms with Crippen molar-refractivity contribution in [3.05, 3.63) is 35.7 Å². The first-order valence-electron chi connectivity index (χ1n) is 7.45. The summed E-state index contributed by atoms with van der Waals surface area (Å²) in [5.41, 5.74) is 2.23. The van der Waals surface area contributed by atoms with E-state index in [9.17, 15) is 0 Å². The summed E-state index contributed by atoms with van der Waals surface area (Å²) in [6, 6.07) is 6.10. The van der Waals surface area contributed by atoms with Gasteiger partial charge in [-0.15, -0.1) is 5.10 Å². The van der Waals surface area contributed by atoms with Crippen molar-refractivity contribution in [1.29, 1.82) is 0 Å². The van der Waals surface area contributed by atoms with Crippen molar-refractivity contribution in [3.63, 3.8) is 0 Å².